The number of nitrogens with two attached hydrogens (primary N) is 1. The molecule has 0 radical (unpaired) electrons. The van der Waals surface area contributed by atoms with Gasteiger partial charge in [-0.25, -0.2) is 23.8 Å². The van der Waals surface area contributed by atoms with E-state index >= 15 is 4.39 Å². The van der Waals surface area contributed by atoms with Gasteiger partial charge < -0.3 is 20.2 Å². The molecule has 1 fully saturated rings. The molecule has 1 saturated heterocycles. The van der Waals surface area contributed by atoms with E-state index in [1.54, 1.807) is 29.1 Å². The van der Waals surface area contributed by atoms with Crippen molar-refractivity contribution in [2.75, 3.05) is 39.0 Å². The molecule has 11 nitrogen and oxygen atoms in total. The first-order chi connectivity index (χ1) is 21.8. The Kier molecular flexibility index (Phi) is 7.22. The van der Waals surface area contributed by atoms with Gasteiger partial charge in [-0.05, 0) is 55.4 Å². The van der Waals surface area contributed by atoms with Gasteiger partial charge >= 0.3 is 5.63 Å². The lowest BCUT2D eigenvalue weighted by Crippen LogP contribution is -2.43. The summed E-state index contributed by atoms with van der Waals surface area (Å²) in [6, 6.07) is 13.0. The smallest absolute Gasteiger partial charge is 0.343 e. The fourth-order valence-corrected chi connectivity index (χ4v) is 6.10. The number of rotatable bonds is 6. The second-order valence-electron chi connectivity index (χ2n) is 11.5. The molecule has 1 aliphatic rings. The van der Waals surface area contributed by atoms with Crippen LogP contribution in [0.5, 0.6) is 5.75 Å². The minimum atomic E-state index is -0.697. The fourth-order valence-electron chi connectivity index (χ4n) is 6.10. The third kappa shape index (κ3) is 5.28. The number of hydrogen-bond acceptors (Lipinski definition) is 10. The second kappa shape index (κ2) is 11.4. The maximum Gasteiger partial charge on any atom is 0.343 e. The van der Waals surface area contributed by atoms with Crippen molar-refractivity contribution in [3.63, 3.8) is 0 Å². The summed E-state index contributed by atoms with van der Waals surface area (Å²) >= 11 is 0. The normalized spacial score (nSPS) is 15.2. The molecule has 7 rings (SSSR count). The number of nitrogens with zero attached hydrogens (tertiary/aromatic N) is 7. The summed E-state index contributed by atoms with van der Waals surface area (Å²) in [6.45, 7) is 6.11. The van der Waals surface area contributed by atoms with Gasteiger partial charge in [-0.3, -0.25) is 9.88 Å². The van der Waals surface area contributed by atoms with Crippen LogP contribution in [0.4, 0.5) is 10.2 Å². The lowest BCUT2D eigenvalue weighted by Gasteiger charge is -2.32. The number of halogens is 1. The SMILES string of the molecule is CC(c1oc(=O)c2ccccc2c1-c1cc(F)cc(CN2CCN(C)CC2)c1)n1nc(-c2cncc(O)c2)c2c(N)ncnc21. The summed E-state index contributed by atoms with van der Waals surface area (Å²) < 4.78 is 23.0. The van der Waals surface area contributed by atoms with Crippen molar-refractivity contribution < 1.29 is 13.9 Å². The molecule has 6 aromatic rings. The molecule has 1 unspecified atom stereocenters. The van der Waals surface area contributed by atoms with Crippen molar-refractivity contribution in [3.8, 4) is 28.1 Å². The Morgan fingerprint density at radius 1 is 1.02 bits per heavy atom. The minimum Gasteiger partial charge on any atom is -0.506 e. The molecular formula is C33H31FN8O3. The summed E-state index contributed by atoms with van der Waals surface area (Å²) in [5.74, 6) is 0.0573. The number of hydrogen-bond donors (Lipinski definition) is 2. The van der Waals surface area contributed by atoms with Gasteiger partial charge in [0.15, 0.2) is 5.65 Å². The highest BCUT2D eigenvalue weighted by molar-refractivity contribution is 5.99. The van der Waals surface area contributed by atoms with Gasteiger partial charge in [0, 0.05) is 55.4 Å². The summed E-state index contributed by atoms with van der Waals surface area (Å²) in [5, 5.41) is 16.4. The Hall–Kier alpha value is -5.20. The molecule has 0 saturated carbocycles. The third-order valence-corrected chi connectivity index (χ3v) is 8.38. The van der Waals surface area contributed by atoms with Crippen LogP contribution in [0.2, 0.25) is 0 Å². The van der Waals surface area contributed by atoms with Crippen molar-refractivity contribution in [2.24, 2.45) is 0 Å². The van der Waals surface area contributed by atoms with Crippen LogP contribution in [0.15, 0.2) is 76.5 Å². The number of aromatic nitrogens is 5. The van der Waals surface area contributed by atoms with Gasteiger partial charge in [0.1, 0.15) is 41.2 Å². The van der Waals surface area contributed by atoms with Crippen molar-refractivity contribution in [1.82, 2.24) is 34.5 Å². The van der Waals surface area contributed by atoms with E-state index in [2.05, 4.69) is 31.8 Å². The lowest BCUT2D eigenvalue weighted by molar-refractivity contribution is 0.148. The van der Waals surface area contributed by atoms with E-state index in [0.29, 0.717) is 50.7 Å². The van der Waals surface area contributed by atoms with Crippen LogP contribution in [0.1, 0.15) is 24.3 Å². The van der Waals surface area contributed by atoms with E-state index in [4.69, 9.17) is 15.2 Å². The Bertz CT molecular complexity index is 2120. The molecule has 3 N–H and O–H groups in total. The number of likely N-dealkylation sites (N-methyl/N-ethyl adjacent to an activating group) is 1. The molecule has 45 heavy (non-hydrogen) atoms. The highest BCUT2D eigenvalue weighted by Crippen LogP contribution is 2.39. The topological polar surface area (TPSA) is 139 Å². The van der Waals surface area contributed by atoms with E-state index in [1.165, 1.54) is 24.7 Å². The highest BCUT2D eigenvalue weighted by Gasteiger charge is 2.27. The molecule has 228 valence electrons. The molecule has 0 aliphatic carbocycles. The molecule has 0 amide bonds. The van der Waals surface area contributed by atoms with Gasteiger partial charge in [0.25, 0.3) is 0 Å². The lowest BCUT2D eigenvalue weighted by atomic mass is 9.94. The molecule has 12 heteroatoms. The van der Waals surface area contributed by atoms with Crippen LogP contribution in [-0.2, 0) is 6.54 Å². The molecule has 4 aromatic heterocycles. The van der Waals surface area contributed by atoms with Gasteiger partial charge in [0.05, 0.1) is 17.0 Å². The van der Waals surface area contributed by atoms with Crippen LogP contribution in [-0.4, -0.2) is 72.9 Å². The Balaban J connectivity index is 1.42. The molecule has 1 aliphatic heterocycles. The van der Waals surface area contributed by atoms with Crippen LogP contribution >= 0.6 is 0 Å². The van der Waals surface area contributed by atoms with Crippen molar-refractivity contribution in [1.29, 1.82) is 0 Å². The summed E-state index contributed by atoms with van der Waals surface area (Å²) in [6.07, 6.45) is 4.21. The van der Waals surface area contributed by atoms with E-state index < -0.39 is 11.7 Å². The zero-order valence-corrected chi connectivity index (χ0v) is 24.8. The van der Waals surface area contributed by atoms with Gasteiger partial charge in [-0.2, -0.15) is 5.10 Å². The summed E-state index contributed by atoms with van der Waals surface area (Å²) in [7, 11) is 2.10. The average Bonchev–Trinajstić information content (AvgIpc) is 3.43. The van der Waals surface area contributed by atoms with E-state index in [1.807, 2.05) is 25.1 Å². The van der Waals surface area contributed by atoms with Gasteiger partial charge in [-0.15, -0.1) is 0 Å². The maximum absolute atomic E-state index is 15.3. The molecule has 0 spiro atoms. The van der Waals surface area contributed by atoms with Crippen LogP contribution < -0.4 is 11.4 Å². The van der Waals surface area contributed by atoms with E-state index in [9.17, 15) is 9.90 Å². The summed E-state index contributed by atoms with van der Waals surface area (Å²) in [5.41, 5.74) is 9.10. The van der Waals surface area contributed by atoms with Crippen LogP contribution in [0, 0.1) is 5.82 Å². The molecule has 1 atom stereocenters. The van der Waals surface area contributed by atoms with E-state index in [-0.39, 0.29) is 23.1 Å². The minimum absolute atomic E-state index is 0.0417. The molecular weight excluding hydrogens is 575 g/mol. The second-order valence-corrected chi connectivity index (χ2v) is 11.5. The maximum atomic E-state index is 15.3. The van der Waals surface area contributed by atoms with Gasteiger partial charge in [-0.1, -0.05) is 18.2 Å². The number of aromatic hydroxyl groups is 1. The average molecular weight is 607 g/mol. The predicted octanol–water partition coefficient (Wildman–Crippen LogP) is 4.45. The quantitative estimate of drug-likeness (QED) is 0.280. The Morgan fingerprint density at radius 2 is 1.80 bits per heavy atom. The molecule has 2 aromatic carbocycles. The Morgan fingerprint density at radius 3 is 2.58 bits per heavy atom. The highest BCUT2D eigenvalue weighted by atomic mass is 19.1. The van der Waals surface area contributed by atoms with Crippen molar-refractivity contribution >= 4 is 27.6 Å². The first-order valence-corrected chi connectivity index (χ1v) is 14.7. The predicted molar refractivity (Wildman–Crippen MR) is 169 cm³/mol. The zero-order valence-electron chi connectivity index (χ0n) is 24.8. The third-order valence-electron chi connectivity index (χ3n) is 8.38. The van der Waals surface area contributed by atoms with E-state index in [0.717, 1.165) is 31.7 Å². The molecule has 5 heterocycles. The number of piperazine rings is 1. The zero-order chi connectivity index (χ0) is 31.2. The first-order valence-electron chi connectivity index (χ1n) is 14.7. The molecule has 0 bridgehead atoms. The van der Waals surface area contributed by atoms with Crippen molar-refractivity contribution in [3.05, 3.63) is 94.8 Å². The number of anilines is 1. The number of nitrogen functional groups attached to an aromatic ring is 1. The van der Waals surface area contributed by atoms with Gasteiger partial charge in [0.2, 0.25) is 0 Å². The van der Waals surface area contributed by atoms with Crippen molar-refractivity contribution in [2.45, 2.75) is 19.5 Å². The number of fused-ring (bicyclic) bond motifs is 2. The first kappa shape index (κ1) is 28.6. The number of benzene rings is 2. The van der Waals surface area contributed by atoms with Crippen LogP contribution in [0.3, 0.4) is 0 Å². The van der Waals surface area contributed by atoms with Crippen LogP contribution in [0.25, 0.3) is 44.2 Å². The monoisotopic (exact) mass is 606 g/mol. The Labute approximate surface area is 257 Å². The number of pyridine rings is 1. The fraction of sp³-hybridized carbons (Fsp3) is 0.242. The largest absolute Gasteiger partial charge is 0.506 e. The summed E-state index contributed by atoms with van der Waals surface area (Å²) in [4.78, 5) is 30.7. The standard InChI is InChI=1S/C33H31FN8O3/c1-19(42-32-28(31(35)37-18-38-32)29(39-42)22-14-24(43)16-36-15-22)30-27(25-5-3-4-6-26(25)33(44)45-30)21-11-20(12-23(34)13-21)17-41-9-7-40(2)8-10-41/h3-6,11-16,18-19,43H,7-10,17H2,1-2H3,(H2,35,37,38).